The molecule has 0 heterocycles. The largest absolute Gasteiger partial charge is 0.488 e. The second-order valence-corrected chi connectivity index (χ2v) is 10.6. The molecule has 1 aromatic rings. The van der Waals surface area contributed by atoms with Crippen LogP contribution < -0.4 is 20.1 Å². The third-order valence-electron chi connectivity index (χ3n) is 6.93. The first-order valence-electron chi connectivity index (χ1n) is 12.9. The summed E-state index contributed by atoms with van der Waals surface area (Å²) in [5, 5.41) is 8.61. The zero-order chi connectivity index (χ0) is 27.0. The number of nitrogens with one attached hydrogen (secondary N) is 3. The molecule has 12 heteroatoms. The summed E-state index contributed by atoms with van der Waals surface area (Å²) < 4.78 is 39.4. The molecule has 206 valence electrons. The monoisotopic (exact) mass is 540 g/mol. The summed E-state index contributed by atoms with van der Waals surface area (Å²) in [6.45, 7) is 2.21. The maximum atomic E-state index is 13.6. The van der Waals surface area contributed by atoms with Crippen LogP contribution in [0.4, 0.5) is 3.89 Å². The van der Waals surface area contributed by atoms with Crippen molar-refractivity contribution in [2.24, 2.45) is 5.92 Å². The van der Waals surface area contributed by atoms with Gasteiger partial charge in [-0.1, -0.05) is 42.2 Å². The summed E-state index contributed by atoms with van der Waals surface area (Å²) in [4.78, 5) is 40.5. The lowest BCUT2D eigenvalue weighted by molar-refractivity contribution is -0.141. The summed E-state index contributed by atoms with van der Waals surface area (Å²) in [5.74, 6) is -0.955. The summed E-state index contributed by atoms with van der Waals surface area (Å²) in [6.07, 6.45) is 6.34. The molecule has 3 N–H and O–H groups in total. The number of halogens is 1. The molecule has 3 rings (SSSR count). The molecule has 10 nitrogen and oxygen atoms in total. The number of likely N-dealkylation sites (N-methyl/N-ethyl adjacent to an activating group) is 1. The molecule has 0 saturated heterocycles. The highest BCUT2D eigenvalue weighted by Gasteiger charge is 2.35. The van der Waals surface area contributed by atoms with Gasteiger partial charge in [0.2, 0.25) is 17.7 Å². The van der Waals surface area contributed by atoms with E-state index in [1.54, 1.807) is 19.2 Å². The van der Waals surface area contributed by atoms with E-state index in [0.29, 0.717) is 36.9 Å². The van der Waals surface area contributed by atoms with Gasteiger partial charge >= 0.3 is 10.5 Å². The van der Waals surface area contributed by atoms with Crippen LogP contribution in [0.2, 0.25) is 0 Å². The summed E-state index contributed by atoms with van der Waals surface area (Å²) >= 11 is 0. The Kier molecular flexibility index (Phi) is 10.3. The maximum absolute atomic E-state index is 13.6. The predicted molar refractivity (Wildman–Crippen MR) is 136 cm³/mol. The Labute approximate surface area is 218 Å². The average molecular weight is 541 g/mol. The molecule has 0 aliphatic heterocycles. The molecule has 0 aromatic heterocycles. The molecule has 1 fully saturated rings. The number of hydrogen-bond donors (Lipinski definition) is 3. The Hall–Kier alpha value is -2.73. The smallest absolute Gasteiger partial charge is 0.358 e. The van der Waals surface area contributed by atoms with E-state index >= 15 is 0 Å². The van der Waals surface area contributed by atoms with Crippen LogP contribution in [0.25, 0.3) is 0 Å². The van der Waals surface area contributed by atoms with Crippen molar-refractivity contribution in [3.8, 4) is 5.75 Å². The van der Waals surface area contributed by atoms with E-state index in [1.807, 2.05) is 6.92 Å². The second kappa shape index (κ2) is 13.2. The van der Waals surface area contributed by atoms with Gasteiger partial charge in [0.1, 0.15) is 11.8 Å². The predicted octanol–water partition coefficient (Wildman–Crippen LogP) is 1.91. The molecule has 2 atom stereocenters. The Morgan fingerprint density at radius 3 is 2.51 bits per heavy atom. The van der Waals surface area contributed by atoms with Gasteiger partial charge in [0, 0.05) is 12.1 Å². The lowest BCUT2D eigenvalue weighted by atomic mass is 9.83. The van der Waals surface area contributed by atoms with Crippen LogP contribution in [0.15, 0.2) is 18.2 Å². The van der Waals surface area contributed by atoms with Gasteiger partial charge in [-0.2, -0.15) is 8.42 Å². The number of rotatable bonds is 12. The van der Waals surface area contributed by atoms with Gasteiger partial charge in [-0.15, -0.1) is 0 Å². The van der Waals surface area contributed by atoms with Crippen LogP contribution in [-0.2, 0) is 31.3 Å². The molecule has 1 aromatic carbocycles. The van der Waals surface area contributed by atoms with Crippen molar-refractivity contribution in [2.45, 2.75) is 70.4 Å². The van der Waals surface area contributed by atoms with E-state index in [4.69, 9.17) is 0 Å². The van der Waals surface area contributed by atoms with Crippen LogP contribution in [-0.4, -0.2) is 63.8 Å². The van der Waals surface area contributed by atoms with E-state index < -0.39 is 22.6 Å². The van der Waals surface area contributed by atoms with E-state index in [-0.39, 0.29) is 42.5 Å². The molecule has 2 unspecified atom stereocenters. The number of nitrogens with zero attached hydrogens (tertiary/aromatic N) is 1. The highest BCUT2D eigenvalue weighted by Crippen LogP contribution is 2.37. The van der Waals surface area contributed by atoms with Gasteiger partial charge in [0.25, 0.3) is 0 Å². The number of carbonyl (C=O) groups is 3. The molecule has 3 amide bonds. The van der Waals surface area contributed by atoms with Crippen molar-refractivity contribution in [3.63, 3.8) is 0 Å². The van der Waals surface area contributed by atoms with Gasteiger partial charge in [-0.25, -0.2) is 0 Å². The first kappa shape index (κ1) is 28.8. The minimum atomic E-state index is -5.17. The molecule has 0 radical (unpaired) electrons. The standard InChI is InChI=1S/C25H37FN4O6S/c1-3-14-30(25(33)24(29-22(31)15-27-2)17-8-5-4-6-9-17)16-23(32)28-20-13-12-19-18(20)10-7-11-21(19)36-37(26,34)35/h7,10-11,17,20,24,27H,3-6,8-9,12-16H2,1-2H3,(H,28,32)(H,29,31). The van der Waals surface area contributed by atoms with Crippen LogP contribution >= 0.6 is 0 Å². The van der Waals surface area contributed by atoms with Gasteiger partial charge in [-0.05, 0) is 56.7 Å². The van der Waals surface area contributed by atoms with Crippen molar-refractivity contribution in [2.75, 3.05) is 26.7 Å². The maximum Gasteiger partial charge on any atom is 0.488 e. The van der Waals surface area contributed by atoms with E-state index in [9.17, 15) is 26.7 Å². The van der Waals surface area contributed by atoms with Crippen molar-refractivity contribution in [1.29, 1.82) is 0 Å². The van der Waals surface area contributed by atoms with E-state index in [2.05, 4.69) is 20.1 Å². The summed E-state index contributed by atoms with van der Waals surface area (Å²) in [5.41, 5.74) is 1.18. The molecule has 0 spiro atoms. The minimum Gasteiger partial charge on any atom is -0.358 e. The fourth-order valence-electron chi connectivity index (χ4n) is 5.34. The average Bonchev–Trinajstić information content (AvgIpc) is 3.25. The number of benzene rings is 1. The third-order valence-corrected chi connectivity index (χ3v) is 7.31. The summed E-state index contributed by atoms with van der Waals surface area (Å²) in [6, 6.07) is 3.54. The van der Waals surface area contributed by atoms with Crippen LogP contribution in [0.3, 0.4) is 0 Å². The van der Waals surface area contributed by atoms with Crippen molar-refractivity contribution >= 4 is 28.2 Å². The number of hydrogen-bond acceptors (Lipinski definition) is 7. The lowest BCUT2D eigenvalue weighted by Gasteiger charge is -2.34. The van der Waals surface area contributed by atoms with E-state index in [0.717, 1.165) is 32.1 Å². The molecule has 2 aliphatic rings. The van der Waals surface area contributed by atoms with Crippen molar-refractivity contribution in [1.82, 2.24) is 20.9 Å². The first-order chi connectivity index (χ1) is 17.6. The normalized spacial score (nSPS) is 18.5. The quantitative estimate of drug-likeness (QED) is 0.345. The highest BCUT2D eigenvalue weighted by atomic mass is 32.3. The molecule has 1 saturated carbocycles. The molecular formula is C25H37FN4O6S. The summed E-state index contributed by atoms with van der Waals surface area (Å²) in [7, 11) is -3.50. The lowest BCUT2D eigenvalue weighted by Crippen LogP contribution is -2.55. The Morgan fingerprint density at radius 1 is 1.14 bits per heavy atom. The molecular weight excluding hydrogens is 503 g/mol. The SMILES string of the molecule is CCCN(CC(=O)NC1CCc2c(OS(=O)(=O)F)cccc21)C(=O)C(NC(=O)CNC)C1CCCCC1. The van der Waals surface area contributed by atoms with Gasteiger partial charge in [0.15, 0.2) is 0 Å². The fourth-order valence-corrected chi connectivity index (χ4v) is 5.71. The zero-order valence-electron chi connectivity index (χ0n) is 21.4. The number of carbonyl (C=O) groups excluding carboxylic acids is 3. The van der Waals surface area contributed by atoms with Gasteiger partial charge in [0.05, 0.1) is 19.1 Å². The Morgan fingerprint density at radius 2 is 1.86 bits per heavy atom. The van der Waals surface area contributed by atoms with Crippen LogP contribution in [0.1, 0.15) is 69.0 Å². The van der Waals surface area contributed by atoms with Crippen LogP contribution in [0.5, 0.6) is 5.75 Å². The Balaban J connectivity index is 1.71. The van der Waals surface area contributed by atoms with E-state index in [1.165, 1.54) is 11.0 Å². The van der Waals surface area contributed by atoms with Crippen molar-refractivity contribution in [3.05, 3.63) is 29.3 Å². The molecule has 0 bridgehead atoms. The van der Waals surface area contributed by atoms with Crippen LogP contribution in [0, 0.1) is 5.92 Å². The molecule has 2 aliphatic carbocycles. The van der Waals surface area contributed by atoms with Crippen molar-refractivity contribution < 1.29 is 30.9 Å². The Bertz CT molecular complexity index is 1080. The fraction of sp³-hybridized carbons (Fsp3) is 0.640. The third kappa shape index (κ3) is 8.13. The minimum absolute atomic E-state index is 0.0244. The zero-order valence-corrected chi connectivity index (χ0v) is 22.2. The number of amides is 3. The van der Waals surface area contributed by atoms with Gasteiger partial charge in [-0.3, -0.25) is 14.4 Å². The highest BCUT2D eigenvalue weighted by molar-refractivity contribution is 7.81. The number of fused-ring (bicyclic) bond motifs is 1. The van der Waals surface area contributed by atoms with Gasteiger partial charge < -0.3 is 25.0 Å². The second-order valence-electron chi connectivity index (χ2n) is 9.69. The topological polar surface area (TPSA) is 134 Å². The first-order valence-corrected chi connectivity index (χ1v) is 14.2. The molecule has 37 heavy (non-hydrogen) atoms.